The molecule has 1 aromatic rings. The van der Waals surface area contributed by atoms with Gasteiger partial charge in [-0.2, -0.15) is 4.57 Å². The lowest BCUT2D eigenvalue weighted by Crippen LogP contribution is -2.35. The van der Waals surface area contributed by atoms with E-state index in [9.17, 15) is 0 Å². The van der Waals surface area contributed by atoms with Crippen LogP contribution in [-0.2, 0) is 6.54 Å². The molecule has 1 rings (SSSR count). The Morgan fingerprint density at radius 3 is 2.55 bits per heavy atom. The minimum Gasteiger partial charge on any atom is -0.397 e. The lowest BCUT2D eigenvalue weighted by atomic mass is 10.4. The van der Waals surface area contributed by atoms with Gasteiger partial charge in [0.15, 0.2) is 18.9 Å². The van der Waals surface area contributed by atoms with E-state index < -0.39 is 0 Å². The molecule has 1 heterocycles. The first-order valence-corrected chi connectivity index (χ1v) is 3.67. The highest BCUT2D eigenvalue weighted by molar-refractivity contribution is 4.91. The fourth-order valence-electron chi connectivity index (χ4n) is 0.842. The van der Waals surface area contributed by atoms with Gasteiger partial charge in [0.2, 0.25) is 0 Å². The van der Waals surface area contributed by atoms with Crippen LogP contribution in [0.1, 0.15) is 6.92 Å². The van der Waals surface area contributed by atoms with Gasteiger partial charge in [0.05, 0.1) is 5.70 Å². The predicted octanol–water partition coefficient (Wildman–Crippen LogP) is 0.837. The first-order valence-electron chi connectivity index (χ1n) is 3.67. The number of hydrogen-bond acceptors (Lipinski definition) is 1. The molecule has 2 N–H and O–H groups in total. The Balaban J connectivity index is 2.65. The van der Waals surface area contributed by atoms with Crippen LogP contribution in [-0.4, -0.2) is 0 Å². The number of hydrogen-bond donors (Lipinski definition) is 1. The van der Waals surface area contributed by atoms with Gasteiger partial charge in [0.1, 0.15) is 0 Å². The zero-order chi connectivity index (χ0) is 8.10. The molecule has 1 aromatic heterocycles. The fourth-order valence-corrected chi connectivity index (χ4v) is 0.842. The van der Waals surface area contributed by atoms with Gasteiger partial charge in [-0.25, -0.2) is 0 Å². The van der Waals surface area contributed by atoms with Crippen LogP contribution in [0.4, 0.5) is 0 Å². The molecule has 0 aromatic carbocycles. The van der Waals surface area contributed by atoms with Crippen LogP contribution in [0.2, 0.25) is 0 Å². The summed E-state index contributed by atoms with van der Waals surface area (Å²) >= 11 is 0. The Kier molecular flexibility index (Phi) is 2.66. The zero-order valence-corrected chi connectivity index (χ0v) is 6.70. The van der Waals surface area contributed by atoms with Crippen LogP contribution < -0.4 is 10.3 Å². The highest BCUT2D eigenvalue weighted by Crippen LogP contribution is 1.83. The third-order valence-corrected chi connectivity index (χ3v) is 1.51. The van der Waals surface area contributed by atoms with E-state index in [-0.39, 0.29) is 0 Å². The lowest BCUT2D eigenvalue weighted by Gasteiger charge is -1.94. The van der Waals surface area contributed by atoms with Gasteiger partial charge in [-0.1, -0.05) is 12.1 Å². The molecule has 11 heavy (non-hydrogen) atoms. The SMILES string of the molecule is C/C=C(\N)C[n+]1ccccc1. The normalized spacial score (nSPS) is 11.5. The van der Waals surface area contributed by atoms with E-state index in [2.05, 4.69) is 0 Å². The Hall–Kier alpha value is -1.31. The van der Waals surface area contributed by atoms with Crippen LogP contribution >= 0.6 is 0 Å². The molecule has 0 aliphatic carbocycles. The van der Waals surface area contributed by atoms with E-state index in [1.54, 1.807) is 0 Å². The molecule has 2 nitrogen and oxygen atoms in total. The van der Waals surface area contributed by atoms with Gasteiger partial charge < -0.3 is 5.73 Å². The van der Waals surface area contributed by atoms with Crippen molar-refractivity contribution < 1.29 is 4.57 Å². The lowest BCUT2D eigenvalue weighted by molar-refractivity contribution is -0.689. The van der Waals surface area contributed by atoms with Crippen LogP contribution in [0.15, 0.2) is 42.4 Å². The third-order valence-electron chi connectivity index (χ3n) is 1.51. The summed E-state index contributed by atoms with van der Waals surface area (Å²) in [4.78, 5) is 0. The van der Waals surface area contributed by atoms with Crippen molar-refractivity contribution in [3.63, 3.8) is 0 Å². The highest BCUT2D eigenvalue weighted by Gasteiger charge is 1.97. The molecule has 0 fully saturated rings. The minimum absolute atomic E-state index is 0.775. The zero-order valence-electron chi connectivity index (χ0n) is 6.70. The summed E-state index contributed by atoms with van der Waals surface area (Å²) in [5.74, 6) is 0. The van der Waals surface area contributed by atoms with Gasteiger partial charge in [-0.15, -0.1) is 0 Å². The second-order valence-electron chi connectivity index (χ2n) is 2.41. The molecule has 0 saturated carbocycles. The minimum atomic E-state index is 0.775. The largest absolute Gasteiger partial charge is 0.397 e. The maximum absolute atomic E-state index is 5.65. The third kappa shape index (κ3) is 2.42. The molecule has 0 amide bonds. The monoisotopic (exact) mass is 149 g/mol. The molecular formula is C9H13N2+. The number of nitrogens with two attached hydrogens (primary N) is 1. The Morgan fingerprint density at radius 1 is 1.36 bits per heavy atom. The standard InChI is InChI=1S/C9H13N2/c1-2-9(10)8-11-6-4-3-5-7-11/h2-7H,8,10H2,1H3/q+1/b9-2-. The summed E-state index contributed by atoms with van der Waals surface area (Å²) in [5, 5.41) is 0. The average molecular weight is 149 g/mol. The number of nitrogens with zero attached hydrogens (tertiary/aromatic N) is 1. The van der Waals surface area contributed by atoms with E-state index in [0.29, 0.717) is 0 Å². The van der Waals surface area contributed by atoms with Crippen LogP contribution in [0.3, 0.4) is 0 Å². The molecule has 0 unspecified atom stereocenters. The van der Waals surface area contributed by atoms with Crippen LogP contribution in [0.25, 0.3) is 0 Å². The summed E-state index contributed by atoms with van der Waals surface area (Å²) < 4.78 is 2.04. The summed E-state index contributed by atoms with van der Waals surface area (Å²) in [5.41, 5.74) is 6.54. The second kappa shape index (κ2) is 3.76. The van der Waals surface area contributed by atoms with Crippen molar-refractivity contribution in [2.75, 3.05) is 0 Å². The van der Waals surface area contributed by atoms with Gasteiger partial charge in [-0.3, -0.25) is 0 Å². The fraction of sp³-hybridized carbons (Fsp3) is 0.222. The van der Waals surface area contributed by atoms with Crippen molar-refractivity contribution in [2.45, 2.75) is 13.5 Å². The molecule has 0 aliphatic rings. The molecular weight excluding hydrogens is 136 g/mol. The first kappa shape index (κ1) is 7.79. The molecule has 0 atom stereocenters. The molecule has 0 saturated heterocycles. The van der Waals surface area contributed by atoms with E-state index in [4.69, 9.17) is 5.73 Å². The van der Waals surface area contributed by atoms with Crippen molar-refractivity contribution in [2.24, 2.45) is 5.73 Å². The maximum atomic E-state index is 5.65. The molecule has 0 bridgehead atoms. The van der Waals surface area contributed by atoms with E-state index >= 15 is 0 Å². The Bertz CT molecular complexity index is 239. The van der Waals surface area contributed by atoms with E-state index in [1.807, 2.05) is 48.2 Å². The molecule has 0 aliphatic heterocycles. The number of pyridine rings is 1. The Labute approximate surface area is 67.0 Å². The number of allylic oxidation sites excluding steroid dienone is 2. The smallest absolute Gasteiger partial charge is 0.187 e. The summed E-state index contributed by atoms with van der Waals surface area (Å²) in [6.07, 6.45) is 5.91. The van der Waals surface area contributed by atoms with E-state index in [0.717, 1.165) is 12.2 Å². The highest BCUT2D eigenvalue weighted by atomic mass is 14.9. The van der Waals surface area contributed by atoms with Crippen molar-refractivity contribution in [3.8, 4) is 0 Å². The molecule has 0 spiro atoms. The Morgan fingerprint density at radius 2 is 2.00 bits per heavy atom. The van der Waals surface area contributed by atoms with Gasteiger partial charge in [0.25, 0.3) is 0 Å². The predicted molar refractivity (Wildman–Crippen MR) is 44.6 cm³/mol. The summed E-state index contributed by atoms with van der Waals surface area (Å²) in [6.45, 7) is 2.72. The molecule has 2 heteroatoms. The molecule has 0 radical (unpaired) electrons. The first-order chi connectivity index (χ1) is 5.33. The van der Waals surface area contributed by atoms with Crippen molar-refractivity contribution >= 4 is 0 Å². The summed E-state index contributed by atoms with van der Waals surface area (Å²) in [6, 6.07) is 5.97. The van der Waals surface area contributed by atoms with Crippen molar-refractivity contribution in [1.29, 1.82) is 0 Å². The number of rotatable bonds is 2. The number of aromatic nitrogens is 1. The van der Waals surface area contributed by atoms with Crippen molar-refractivity contribution in [3.05, 3.63) is 42.4 Å². The second-order valence-corrected chi connectivity index (χ2v) is 2.41. The van der Waals surface area contributed by atoms with Crippen molar-refractivity contribution in [1.82, 2.24) is 0 Å². The van der Waals surface area contributed by atoms with Gasteiger partial charge >= 0.3 is 0 Å². The maximum Gasteiger partial charge on any atom is 0.187 e. The molecule has 58 valence electrons. The average Bonchev–Trinajstić information content (AvgIpc) is 2.06. The van der Waals surface area contributed by atoms with Gasteiger partial charge in [-0.05, 0) is 6.92 Å². The topological polar surface area (TPSA) is 29.9 Å². The quantitative estimate of drug-likeness (QED) is 0.620. The van der Waals surface area contributed by atoms with E-state index in [1.165, 1.54) is 0 Å². The summed E-state index contributed by atoms with van der Waals surface area (Å²) in [7, 11) is 0. The van der Waals surface area contributed by atoms with Gasteiger partial charge in [0, 0.05) is 12.1 Å². The van der Waals surface area contributed by atoms with Crippen LogP contribution in [0.5, 0.6) is 0 Å². The van der Waals surface area contributed by atoms with Crippen LogP contribution in [0, 0.1) is 0 Å².